The molecule has 3 rings (SSSR count). The molecule has 1 saturated heterocycles. The van der Waals surface area contributed by atoms with E-state index in [0.717, 1.165) is 24.6 Å². The molecule has 0 bridgehead atoms. The van der Waals surface area contributed by atoms with Crippen LogP contribution in [0.5, 0.6) is 0 Å². The Balaban J connectivity index is 1.71. The second kappa shape index (κ2) is 6.91. The third kappa shape index (κ3) is 3.59. The standard InChI is InChI=1S/C17H22N4O2/c1-12-5-6-16(23-12)15(21-9-3-4-10-21)11-18-17(22)14-7-8-19-20-13(14)2/h5-8,15H,3-4,9-11H2,1-2H3,(H,18,22). The third-order valence-corrected chi connectivity index (χ3v) is 4.28. The molecule has 1 fully saturated rings. The van der Waals surface area contributed by atoms with Gasteiger partial charge in [0.1, 0.15) is 11.5 Å². The first-order valence-corrected chi connectivity index (χ1v) is 8.02. The number of amides is 1. The summed E-state index contributed by atoms with van der Waals surface area (Å²) in [7, 11) is 0. The number of hydrogen-bond acceptors (Lipinski definition) is 5. The maximum absolute atomic E-state index is 12.4. The average Bonchev–Trinajstić information content (AvgIpc) is 3.20. The van der Waals surface area contributed by atoms with Crippen LogP contribution in [0.3, 0.4) is 0 Å². The predicted molar refractivity (Wildman–Crippen MR) is 86.1 cm³/mol. The first kappa shape index (κ1) is 15.7. The Kier molecular flexibility index (Phi) is 4.71. The van der Waals surface area contributed by atoms with Crippen molar-refractivity contribution in [1.82, 2.24) is 20.4 Å². The molecule has 23 heavy (non-hydrogen) atoms. The summed E-state index contributed by atoms with van der Waals surface area (Å²) in [6, 6.07) is 5.74. The molecular weight excluding hydrogens is 292 g/mol. The highest BCUT2D eigenvalue weighted by molar-refractivity contribution is 5.95. The zero-order valence-electron chi connectivity index (χ0n) is 13.6. The smallest absolute Gasteiger partial charge is 0.253 e. The monoisotopic (exact) mass is 314 g/mol. The van der Waals surface area contributed by atoms with E-state index in [0.29, 0.717) is 17.8 Å². The molecule has 0 aliphatic carbocycles. The molecule has 122 valence electrons. The molecule has 6 heteroatoms. The Morgan fingerprint density at radius 3 is 2.74 bits per heavy atom. The van der Waals surface area contributed by atoms with Gasteiger partial charge < -0.3 is 9.73 Å². The molecule has 0 aromatic carbocycles. The number of furan rings is 1. The van der Waals surface area contributed by atoms with Crippen LogP contribution in [0, 0.1) is 13.8 Å². The summed E-state index contributed by atoms with van der Waals surface area (Å²) >= 11 is 0. The summed E-state index contributed by atoms with van der Waals surface area (Å²) in [5, 5.41) is 10.7. The van der Waals surface area contributed by atoms with E-state index < -0.39 is 0 Å². The van der Waals surface area contributed by atoms with Crippen molar-refractivity contribution >= 4 is 5.91 Å². The highest BCUT2D eigenvalue weighted by Gasteiger charge is 2.26. The molecule has 0 radical (unpaired) electrons. The SMILES string of the molecule is Cc1ccc(C(CNC(=O)c2ccnnc2C)N2CCCC2)o1. The van der Waals surface area contributed by atoms with E-state index in [4.69, 9.17) is 4.42 Å². The lowest BCUT2D eigenvalue weighted by Gasteiger charge is -2.26. The van der Waals surface area contributed by atoms with Gasteiger partial charge in [0.15, 0.2) is 0 Å². The Bertz CT molecular complexity index is 677. The molecule has 3 heterocycles. The second-order valence-corrected chi connectivity index (χ2v) is 5.95. The van der Waals surface area contributed by atoms with Crippen LogP contribution in [-0.2, 0) is 0 Å². The maximum atomic E-state index is 12.4. The number of aromatic nitrogens is 2. The van der Waals surface area contributed by atoms with Gasteiger partial charge in [-0.25, -0.2) is 0 Å². The van der Waals surface area contributed by atoms with Crippen LogP contribution >= 0.6 is 0 Å². The number of carbonyl (C=O) groups is 1. The van der Waals surface area contributed by atoms with Gasteiger partial charge >= 0.3 is 0 Å². The molecular formula is C17H22N4O2. The van der Waals surface area contributed by atoms with E-state index in [2.05, 4.69) is 20.4 Å². The Hall–Kier alpha value is -2.21. The van der Waals surface area contributed by atoms with Crippen molar-refractivity contribution in [3.63, 3.8) is 0 Å². The van der Waals surface area contributed by atoms with Crippen LogP contribution in [0.1, 0.15) is 46.5 Å². The quantitative estimate of drug-likeness (QED) is 0.916. The van der Waals surface area contributed by atoms with Gasteiger partial charge in [-0.3, -0.25) is 9.69 Å². The van der Waals surface area contributed by atoms with Gasteiger partial charge in [0.05, 0.1) is 23.5 Å². The molecule has 0 saturated carbocycles. The number of nitrogens with zero attached hydrogens (tertiary/aromatic N) is 3. The van der Waals surface area contributed by atoms with Crippen LogP contribution < -0.4 is 5.32 Å². The molecule has 2 aromatic heterocycles. The largest absolute Gasteiger partial charge is 0.465 e. The molecule has 1 aliphatic heterocycles. The van der Waals surface area contributed by atoms with Crippen LogP contribution in [0.25, 0.3) is 0 Å². The number of nitrogens with one attached hydrogen (secondary N) is 1. The fourth-order valence-corrected chi connectivity index (χ4v) is 3.02. The van der Waals surface area contributed by atoms with E-state index in [-0.39, 0.29) is 11.9 Å². The topological polar surface area (TPSA) is 71.3 Å². The third-order valence-electron chi connectivity index (χ3n) is 4.28. The van der Waals surface area contributed by atoms with Gasteiger partial charge in [0, 0.05) is 6.54 Å². The zero-order chi connectivity index (χ0) is 16.2. The summed E-state index contributed by atoms with van der Waals surface area (Å²) in [5.74, 6) is 1.68. The highest BCUT2D eigenvalue weighted by atomic mass is 16.3. The fourth-order valence-electron chi connectivity index (χ4n) is 3.02. The molecule has 0 spiro atoms. The minimum absolute atomic E-state index is 0.0743. The zero-order valence-corrected chi connectivity index (χ0v) is 13.6. The van der Waals surface area contributed by atoms with E-state index in [9.17, 15) is 4.79 Å². The lowest BCUT2D eigenvalue weighted by atomic mass is 10.1. The summed E-state index contributed by atoms with van der Waals surface area (Å²) in [4.78, 5) is 14.8. The molecule has 6 nitrogen and oxygen atoms in total. The first-order chi connectivity index (χ1) is 11.1. The summed E-state index contributed by atoms with van der Waals surface area (Å²) < 4.78 is 5.80. The van der Waals surface area contributed by atoms with Crippen molar-refractivity contribution in [2.24, 2.45) is 0 Å². The van der Waals surface area contributed by atoms with Crippen LogP contribution in [0.2, 0.25) is 0 Å². The molecule has 1 unspecified atom stereocenters. The molecule has 1 amide bonds. The van der Waals surface area contributed by atoms with Crippen LogP contribution in [0.15, 0.2) is 28.8 Å². The van der Waals surface area contributed by atoms with Crippen molar-refractivity contribution in [1.29, 1.82) is 0 Å². The lowest BCUT2D eigenvalue weighted by Crippen LogP contribution is -2.37. The fraction of sp³-hybridized carbons (Fsp3) is 0.471. The van der Waals surface area contributed by atoms with Gasteiger partial charge in [-0.15, -0.1) is 0 Å². The van der Waals surface area contributed by atoms with Crippen molar-refractivity contribution in [2.45, 2.75) is 32.7 Å². The molecule has 1 N–H and O–H groups in total. The van der Waals surface area contributed by atoms with Gasteiger partial charge in [0.2, 0.25) is 0 Å². The van der Waals surface area contributed by atoms with Gasteiger partial charge in [-0.05, 0) is 58.0 Å². The number of likely N-dealkylation sites (tertiary alicyclic amines) is 1. The van der Waals surface area contributed by atoms with Crippen LogP contribution in [-0.4, -0.2) is 40.6 Å². The molecule has 1 atom stereocenters. The number of aryl methyl sites for hydroxylation is 2. The normalized spacial score (nSPS) is 16.4. The predicted octanol–water partition coefficient (Wildman–Crippen LogP) is 2.25. The van der Waals surface area contributed by atoms with E-state index in [1.54, 1.807) is 13.0 Å². The van der Waals surface area contributed by atoms with Gasteiger partial charge in [-0.1, -0.05) is 0 Å². The Morgan fingerprint density at radius 1 is 1.30 bits per heavy atom. The highest BCUT2D eigenvalue weighted by Crippen LogP contribution is 2.26. The number of rotatable bonds is 5. The second-order valence-electron chi connectivity index (χ2n) is 5.95. The minimum Gasteiger partial charge on any atom is -0.465 e. The van der Waals surface area contributed by atoms with Gasteiger partial charge in [-0.2, -0.15) is 10.2 Å². The van der Waals surface area contributed by atoms with E-state index in [1.165, 1.54) is 19.0 Å². The average molecular weight is 314 g/mol. The molecule has 2 aromatic rings. The van der Waals surface area contributed by atoms with E-state index in [1.807, 2.05) is 19.1 Å². The van der Waals surface area contributed by atoms with Crippen LogP contribution in [0.4, 0.5) is 0 Å². The minimum atomic E-state index is -0.120. The summed E-state index contributed by atoms with van der Waals surface area (Å²) in [6.07, 6.45) is 3.92. The number of hydrogen-bond donors (Lipinski definition) is 1. The maximum Gasteiger partial charge on any atom is 0.253 e. The Labute approximate surface area is 135 Å². The van der Waals surface area contributed by atoms with Crippen molar-refractivity contribution in [3.8, 4) is 0 Å². The van der Waals surface area contributed by atoms with Crippen molar-refractivity contribution in [2.75, 3.05) is 19.6 Å². The number of carbonyl (C=O) groups excluding carboxylic acids is 1. The molecule has 1 aliphatic rings. The summed E-state index contributed by atoms with van der Waals surface area (Å²) in [5.41, 5.74) is 1.20. The first-order valence-electron chi connectivity index (χ1n) is 8.02. The summed E-state index contributed by atoms with van der Waals surface area (Å²) in [6.45, 7) is 6.32. The van der Waals surface area contributed by atoms with Gasteiger partial charge in [0.25, 0.3) is 5.91 Å². The lowest BCUT2D eigenvalue weighted by molar-refractivity contribution is 0.0932. The van der Waals surface area contributed by atoms with E-state index >= 15 is 0 Å². The Morgan fingerprint density at radius 2 is 2.09 bits per heavy atom. The van der Waals surface area contributed by atoms with Crippen molar-refractivity contribution in [3.05, 3.63) is 47.2 Å². The van der Waals surface area contributed by atoms with Crippen molar-refractivity contribution < 1.29 is 9.21 Å².